The number of aryl methyl sites for hydroxylation is 2. The van der Waals surface area contributed by atoms with Crippen molar-refractivity contribution in [1.29, 1.82) is 0 Å². The molecule has 0 aliphatic carbocycles. The Hall–Kier alpha value is -3.72. The Kier molecular flexibility index (Phi) is 6.69. The van der Waals surface area contributed by atoms with E-state index in [2.05, 4.69) is 42.8 Å². The van der Waals surface area contributed by atoms with Gasteiger partial charge >= 0.3 is 6.03 Å². The first-order chi connectivity index (χ1) is 15.9. The monoisotopic (exact) mass is 449 g/mol. The van der Waals surface area contributed by atoms with Crippen molar-refractivity contribution < 1.29 is 9.18 Å². The largest absolute Gasteiger partial charge is 0.354 e. The number of nitrogens with one attached hydrogen (secondary N) is 3. The van der Waals surface area contributed by atoms with E-state index in [1.165, 1.54) is 12.1 Å². The van der Waals surface area contributed by atoms with Crippen LogP contribution < -0.4 is 20.9 Å². The fourth-order valence-electron chi connectivity index (χ4n) is 3.65. The van der Waals surface area contributed by atoms with Crippen molar-refractivity contribution >= 4 is 34.7 Å². The van der Waals surface area contributed by atoms with E-state index >= 15 is 0 Å². The lowest BCUT2D eigenvalue weighted by atomic mass is 10.2. The van der Waals surface area contributed by atoms with Gasteiger partial charge in [-0.05, 0) is 56.8 Å². The van der Waals surface area contributed by atoms with Crippen molar-refractivity contribution in [3.05, 3.63) is 65.7 Å². The molecule has 0 unspecified atom stereocenters. The maximum Gasteiger partial charge on any atom is 0.323 e. The van der Waals surface area contributed by atoms with Crippen LogP contribution in [0.1, 0.15) is 11.4 Å². The first kappa shape index (κ1) is 22.5. The second-order valence-electron chi connectivity index (χ2n) is 8.19. The molecule has 2 aromatic carbocycles. The van der Waals surface area contributed by atoms with Crippen LogP contribution >= 0.6 is 0 Å². The van der Waals surface area contributed by atoms with E-state index in [4.69, 9.17) is 0 Å². The van der Waals surface area contributed by atoms with Crippen molar-refractivity contribution in [2.75, 3.05) is 54.1 Å². The van der Waals surface area contributed by atoms with E-state index in [0.29, 0.717) is 23.0 Å². The summed E-state index contributed by atoms with van der Waals surface area (Å²) in [5.74, 6) is 1.87. The Balaban J connectivity index is 1.44. The molecule has 1 aliphatic heterocycles. The van der Waals surface area contributed by atoms with E-state index in [1.54, 1.807) is 19.1 Å². The van der Waals surface area contributed by atoms with Gasteiger partial charge in [0.05, 0.1) is 0 Å². The zero-order chi connectivity index (χ0) is 23.4. The molecule has 0 radical (unpaired) electrons. The number of nitrogens with zero attached hydrogens (tertiary/aromatic N) is 4. The summed E-state index contributed by atoms with van der Waals surface area (Å²) in [6.45, 7) is 7.52. The Labute approximate surface area is 192 Å². The molecule has 0 atom stereocenters. The number of carbonyl (C=O) groups excluding carboxylic acids is 1. The number of aromatic nitrogens is 2. The van der Waals surface area contributed by atoms with Gasteiger partial charge in [-0.3, -0.25) is 0 Å². The average molecular weight is 450 g/mol. The highest BCUT2D eigenvalue weighted by Crippen LogP contribution is 2.23. The second kappa shape index (κ2) is 9.83. The van der Waals surface area contributed by atoms with Crippen LogP contribution in [0.5, 0.6) is 0 Å². The number of hydrogen-bond donors (Lipinski definition) is 3. The predicted octanol–water partition coefficient (Wildman–Crippen LogP) is 4.37. The van der Waals surface area contributed by atoms with Crippen molar-refractivity contribution in [3.63, 3.8) is 0 Å². The normalized spacial score (nSPS) is 14.1. The van der Waals surface area contributed by atoms with Crippen LogP contribution in [0.2, 0.25) is 0 Å². The van der Waals surface area contributed by atoms with Crippen molar-refractivity contribution in [3.8, 4) is 0 Å². The fourth-order valence-corrected chi connectivity index (χ4v) is 3.65. The van der Waals surface area contributed by atoms with Gasteiger partial charge in [0.1, 0.15) is 23.3 Å². The number of amides is 2. The summed E-state index contributed by atoms with van der Waals surface area (Å²) in [5, 5.41) is 8.77. The second-order valence-corrected chi connectivity index (χ2v) is 8.19. The molecule has 2 heterocycles. The standard InChI is InChI=1S/C24H28FN7O/c1-16-7-8-18(25)13-21(16)30-24(33)29-20-6-4-5-19(14-20)28-22-15-23(27-17(2)26-22)32-11-9-31(3)10-12-32/h4-8,13-15H,9-12H2,1-3H3,(H,26,27,28)(H2,29,30,33). The zero-order valence-electron chi connectivity index (χ0n) is 19.0. The predicted molar refractivity (Wildman–Crippen MR) is 130 cm³/mol. The summed E-state index contributed by atoms with van der Waals surface area (Å²) in [7, 11) is 2.12. The van der Waals surface area contributed by atoms with Gasteiger partial charge in [0, 0.05) is 49.3 Å². The van der Waals surface area contributed by atoms with Gasteiger partial charge in [0.25, 0.3) is 0 Å². The van der Waals surface area contributed by atoms with Gasteiger partial charge in [-0.15, -0.1) is 0 Å². The molecule has 2 amide bonds. The number of carbonyl (C=O) groups is 1. The molecule has 1 saturated heterocycles. The third-order valence-corrected chi connectivity index (χ3v) is 5.49. The lowest BCUT2D eigenvalue weighted by molar-refractivity contribution is 0.262. The molecule has 0 saturated carbocycles. The number of anilines is 5. The summed E-state index contributed by atoms with van der Waals surface area (Å²) in [6, 6.07) is 13.1. The van der Waals surface area contributed by atoms with Crippen LogP contribution in [0.3, 0.4) is 0 Å². The zero-order valence-corrected chi connectivity index (χ0v) is 19.0. The number of hydrogen-bond acceptors (Lipinski definition) is 6. The number of halogens is 1. The summed E-state index contributed by atoms with van der Waals surface area (Å²) in [4.78, 5) is 26.1. The maximum absolute atomic E-state index is 13.5. The van der Waals surface area contributed by atoms with Crippen LogP contribution in [0.15, 0.2) is 48.5 Å². The minimum Gasteiger partial charge on any atom is -0.354 e. The highest BCUT2D eigenvalue weighted by molar-refractivity contribution is 6.00. The number of rotatable bonds is 5. The highest BCUT2D eigenvalue weighted by atomic mass is 19.1. The highest BCUT2D eigenvalue weighted by Gasteiger charge is 2.16. The fraction of sp³-hybridized carbons (Fsp3) is 0.292. The molecule has 0 spiro atoms. The molecular weight excluding hydrogens is 421 g/mol. The molecule has 3 N–H and O–H groups in total. The Bertz CT molecular complexity index is 1150. The summed E-state index contributed by atoms with van der Waals surface area (Å²) < 4.78 is 13.5. The van der Waals surface area contributed by atoms with E-state index in [1.807, 2.05) is 31.2 Å². The lowest BCUT2D eigenvalue weighted by Crippen LogP contribution is -2.44. The average Bonchev–Trinajstić information content (AvgIpc) is 2.76. The van der Waals surface area contributed by atoms with Gasteiger partial charge in [0.15, 0.2) is 0 Å². The molecular formula is C24H28FN7O. The molecule has 33 heavy (non-hydrogen) atoms. The third-order valence-electron chi connectivity index (χ3n) is 5.49. The quantitative estimate of drug-likeness (QED) is 0.536. The van der Waals surface area contributed by atoms with Gasteiger partial charge in [-0.25, -0.2) is 19.2 Å². The van der Waals surface area contributed by atoms with Gasteiger partial charge in [-0.2, -0.15) is 0 Å². The molecule has 4 rings (SSSR count). The van der Waals surface area contributed by atoms with E-state index in [0.717, 1.165) is 43.2 Å². The first-order valence-corrected chi connectivity index (χ1v) is 10.9. The minimum atomic E-state index is -0.448. The molecule has 3 aromatic rings. The van der Waals surface area contributed by atoms with Gasteiger partial charge in [-0.1, -0.05) is 12.1 Å². The Morgan fingerprint density at radius 2 is 1.70 bits per heavy atom. The Morgan fingerprint density at radius 3 is 2.48 bits per heavy atom. The summed E-state index contributed by atoms with van der Waals surface area (Å²) >= 11 is 0. The maximum atomic E-state index is 13.5. The van der Waals surface area contributed by atoms with Crippen molar-refractivity contribution in [2.24, 2.45) is 0 Å². The van der Waals surface area contributed by atoms with Crippen LogP contribution in [-0.4, -0.2) is 54.1 Å². The minimum absolute atomic E-state index is 0.404. The number of likely N-dealkylation sites (N-methyl/N-ethyl adjacent to an activating group) is 1. The molecule has 1 aliphatic rings. The number of urea groups is 1. The summed E-state index contributed by atoms with van der Waals surface area (Å²) in [6.07, 6.45) is 0. The van der Waals surface area contributed by atoms with Crippen molar-refractivity contribution in [1.82, 2.24) is 14.9 Å². The number of benzene rings is 2. The van der Waals surface area contributed by atoms with Crippen molar-refractivity contribution in [2.45, 2.75) is 13.8 Å². The molecule has 1 aromatic heterocycles. The van der Waals surface area contributed by atoms with E-state index in [-0.39, 0.29) is 0 Å². The van der Waals surface area contributed by atoms with Crippen LogP contribution in [-0.2, 0) is 0 Å². The van der Waals surface area contributed by atoms with Crippen LogP contribution in [0.25, 0.3) is 0 Å². The van der Waals surface area contributed by atoms with Gasteiger partial charge < -0.3 is 25.8 Å². The lowest BCUT2D eigenvalue weighted by Gasteiger charge is -2.33. The topological polar surface area (TPSA) is 85.4 Å². The van der Waals surface area contributed by atoms with Crippen LogP contribution in [0, 0.1) is 19.7 Å². The Morgan fingerprint density at radius 1 is 0.939 bits per heavy atom. The molecule has 1 fully saturated rings. The van der Waals surface area contributed by atoms with E-state index in [9.17, 15) is 9.18 Å². The third kappa shape index (κ3) is 5.95. The van der Waals surface area contributed by atoms with Gasteiger partial charge in [0.2, 0.25) is 0 Å². The molecule has 8 nitrogen and oxygen atoms in total. The SMILES string of the molecule is Cc1nc(Nc2cccc(NC(=O)Nc3cc(F)ccc3C)c2)cc(N2CCN(C)CC2)n1. The first-order valence-electron chi connectivity index (χ1n) is 10.9. The van der Waals surface area contributed by atoms with E-state index < -0.39 is 11.8 Å². The molecule has 172 valence electrons. The smallest absolute Gasteiger partial charge is 0.323 e. The molecule has 0 bridgehead atoms. The molecule has 9 heteroatoms. The van der Waals surface area contributed by atoms with Crippen LogP contribution in [0.4, 0.5) is 37.9 Å². The number of piperazine rings is 1. The summed E-state index contributed by atoms with van der Waals surface area (Å²) in [5.41, 5.74) is 2.57.